The van der Waals surface area contributed by atoms with E-state index in [1.165, 1.54) is 5.56 Å². The fourth-order valence-corrected chi connectivity index (χ4v) is 2.40. The number of nitrogens with one attached hydrogen (secondary N) is 1. The highest BCUT2D eigenvalue weighted by molar-refractivity contribution is 6.03. The number of amides is 1. The molecule has 1 N–H and O–H groups in total. The first-order valence-electron chi connectivity index (χ1n) is 7.72. The second-order valence-corrected chi connectivity index (χ2v) is 5.36. The average Bonchev–Trinajstić information content (AvgIpc) is 3.02. The molecule has 0 radical (unpaired) electrons. The van der Waals surface area contributed by atoms with E-state index < -0.39 is 0 Å². The van der Waals surface area contributed by atoms with Crippen molar-refractivity contribution in [1.82, 2.24) is 9.78 Å². The maximum Gasteiger partial charge on any atom is 0.256 e. The monoisotopic (exact) mass is 305 g/mol. The van der Waals surface area contributed by atoms with Crippen LogP contribution in [0.4, 0.5) is 5.82 Å². The molecular formula is C19H19N3O. The third-order valence-electron chi connectivity index (χ3n) is 3.76. The minimum Gasteiger partial charge on any atom is -0.307 e. The Kier molecular flexibility index (Phi) is 4.52. The van der Waals surface area contributed by atoms with E-state index in [4.69, 9.17) is 0 Å². The highest BCUT2D eigenvalue weighted by atomic mass is 16.1. The largest absolute Gasteiger partial charge is 0.307 e. The van der Waals surface area contributed by atoms with Gasteiger partial charge < -0.3 is 5.32 Å². The quantitative estimate of drug-likeness (QED) is 0.780. The van der Waals surface area contributed by atoms with Crippen molar-refractivity contribution in [3.05, 3.63) is 83.6 Å². The van der Waals surface area contributed by atoms with Crippen LogP contribution >= 0.6 is 0 Å². The predicted octanol–water partition coefficient (Wildman–Crippen LogP) is 3.75. The van der Waals surface area contributed by atoms with Gasteiger partial charge in [0.15, 0.2) is 0 Å². The summed E-state index contributed by atoms with van der Waals surface area (Å²) in [5, 5.41) is 7.21. The minimum absolute atomic E-state index is 0.123. The zero-order valence-corrected chi connectivity index (χ0v) is 13.1. The molecule has 2 aromatic carbocycles. The fraction of sp³-hybridized carbons (Fsp3) is 0.158. The molecular weight excluding hydrogens is 286 g/mol. The smallest absolute Gasteiger partial charge is 0.256 e. The molecule has 4 heteroatoms. The van der Waals surface area contributed by atoms with Crippen molar-refractivity contribution >= 4 is 11.7 Å². The minimum atomic E-state index is -0.123. The second-order valence-electron chi connectivity index (χ2n) is 5.36. The summed E-state index contributed by atoms with van der Waals surface area (Å²) >= 11 is 0. The Bertz CT molecular complexity index is 776. The van der Waals surface area contributed by atoms with Crippen molar-refractivity contribution in [1.29, 1.82) is 0 Å². The van der Waals surface area contributed by atoms with Gasteiger partial charge in [0.05, 0.1) is 12.7 Å². The van der Waals surface area contributed by atoms with Gasteiger partial charge in [0, 0.05) is 11.6 Å². The third-order valence-corrected chi connectivity index (χ3v) is 3.76. The fourth-order valence-electron chi connectivity index (χ4n) is 2.40. The van der Waals surface area contributed by atoms with Gasteiger partial charge in [-0.05, 0) is 29.7 Å². The van der Waals surface area contributed by atoms with E-state index in [2.05, 4.69) is 17.3 Å². The lowest BCUT2D eigenvalue weighted by atomic mass is 10.1. The summed E-state index contributed by atoms with van der Waals surface area (Å²) < 4.78 is 1.79. The van der Waals surface area contributed by atoms with Crippen LogP contribution in [0.15, 0.2) is 66.9 Å². The van der Waals surface area contributed by atoms with Gasteiger partial charge in [-0.3, -0.25) is 4.79 Å². The third kappa shape index (κ3) is 3.66. The van der Waals surface area contributed by atoms with Gasteiger partial charge in [-0.1, -0.05) is 49.4 Å². The SMILES string of the molecule is CCc1ccc(C(=O)Nc2ccnn2Cc2ccccc2)cc1. The van der Waals surface area contributed by atoms with Crippen LogP contribution in [-0.2, 0) is 13.0 Å². The van der Waals surface area contributed by atoms with Crippen LogP contribution in [0.3, 0.4) is 0 Å². The molecule has 0 fully saturated rings. The van der Waals surface area contributed by atoms with Gasteiger partial charge in [0.25, 0.3) is 5.91 Å². The Labute approximate surface area is 135 Å². The van der Waals surface area contributed by atoms with E-state index in [0.29, 0.717) is 17.9 Å². The summed E-state index contributed by atoms with van der Waals surface area (Å²) in [6.45, 7) is 2.72. The Morgan fingerprint density at radius 3 is 2.43 bits per heavy atom. The number of aryl methyl sites for hydroxylation is 1. The van der Waals surface area contributed by atoms with Gasteiger partial charge >= 0.3 is 0 Å². The number of benzene rings is 2. The van der Waals surface area contributed by atoms with Gasteiger partial charge in [0.2, 0.25) is 0 Å². The Balaban J connectivity index is 1.73. The second kappa shape index (κ2) is 6.92. The maximum absolute atomic E-state index is 12.4. The number of nitrogens with zero attached hydrogens (tertiary/aromatic N) is 2. The summed E-state index contributed by atoms with van der Waals surface area (Å²) in [5.41, 5.74) is 3.00. The summed E-state index contributed by atoms with van der Waals surface area (Å²) in [5.74, 6) is 0.570. The van der Waals surface area contributed by atoms with E-state index >= 15 is 0 Å². The maximum atomic E-state index is 12.4. The van der Waals surface area contributed by atoms with Crippen LogP contribution in [0.1, 0.15) is 28.4 Å². The molecule has 23 heavy (non-hydrogen) atoms. The molecule has 0 spiro atoms. The number of anilines is 1. The first-order valence-corrected chi connectivity index (χ1v) is 7.72. The van der Waals surface area contributed by atoms with E-state index in [0.717, 1.165) is 12.0 Å². The molecule has 0 unspecified atom stereocenters. The molecule has 0 aliphatic carbocycles. The van der Waals surface area contributed by atoms with Crippen molar-refractivity contribution in [2.75, 3.05) is 5.32 Å². The van der Waals surface area contributed by atoms with E-state index in [-0.39, 0.29) is 5.91 Å². The van der Waals surface area contributed by atoms with E-state index in [1.54, 1.807) is 16.9 Å². The summed E-state index contributed by atoms with van der Waals surface area (Å²) in [4.78, 5) is 12.4. The lowest BCUT2D eigenvalue weighted by Crippen LogP contribution is -2.16. The Hall–Kier alpha value is -2.88. The lowest BCUT2D eigenvalue weighted by Gasteiger charge is -2.09. The highest BCUT2D eigenvalue weighted by Gasteiger charge is 2.09. The van der Waals surface area contributed by atoms with Gasteiger partial charge in [-0.15, -0.1) is 0 Å². The first kappa shape index (κ1) is 15.0. The lowest BCUT2D eigenvalue weighted by molar-refractivity contribution is 0.102. The van der Waals surface area contributed by atoms with Crippen molar-refractivity contribution in [2.45, 2.75) is 19.9 Å². The Morgan fingerprint density at radius 1 is 1.00 bits per heavy atom. The first-order chi connectivity index (χ1) is 11.3. The molecule has 0 aliphatic rings. The normalized spacial score (nSPS) is 10.5. The van der Waals surface area contributed by atoms with Crippen molar-refractivity contribution in [2.24, 2.45) is 0 Å². The van der Waals surface area contributed by atoms with Crippen LogP contribution in [0.5, 0.6) is 0 Å². The summed E-state index contributed by atoms with van der Waals surface area (Å²) in [6, 6.07) is 19.5. The van der Waals surface area contributed by atoms with E-state index in [1.807, 2.05) is 54.6 Å². The number of carbonyl (C=O) groups excluding carboxylic acids is 1. The molecule has 1 heterocycles. The summed E-state index contributed by atoms with van der Waals surface area (Å²) in [6.07, 6.45) is 2.66. The molecule has 3 rings (SSSR count). The van der Waals surface area contributed by atoms with Crippen LogP contribution in [0, 0.1) is 0 Å². The molecule has 1 aromatic heterocycles. The van der Waals surface area contributed by atoms with Crippen LogP contribution in [0.2, 0.25) is 0 Å². The molecule has 1 amide bonds. The Morgan fingerprint density at radius 2 is 1.74 bits per heavy atom. The van der Waals surface area contributed by atoms with Gasteiger partial charge in [0.1, 0.15) is 5.82 Å². The highest BCUT2D eigenvalue weighted by Crippen LogP contribution is 2.12. The molecule has 116 valence electrons. The molecule has 0 atom stereocenters. The molecule has 0 saturated heterocycles. The van der Waals surface area contributed by atoms with E-state index in [9.17, 15) is 4.79 Å². The summed E-state index contributed by atoms with van der Waals surface area (Å²) in [7, 11) is 0. The topological polar surface area (TPSA) is 46.9 Å². The molecule has 3 aromatic rings. The molecule has 0 bridgehead atoms. The average molecular weight is 305 g/mol. The predicted molar refractivity (Wildman–Crippen MR) is 91.5 cm³/mol. The molecule has 0 aliphatic heterocycles. The number of hydrogen-bond acceptors (Lipinski definition) is 2. The number of rotatable bonds is 5. The van der Waals surface area contributed by atoms with Gasteiger partial charge in [-0.25, -0.2) is 4.68 Å². The standard InChI is InChI=1S/C19H19N3O/c1-2-15-8-10-17(11-9-15)19(23)21-18-12-13-20-22(18)14-16-6-4-3-5-7-16/h3-13H,2,14H2,1H3,(H,21,23). The molecule has 4 nitrogen and oxygen atoms in total. The number of carbonyl (C=O) groups is 1. The number of aromatic nitrogens is 2. The van der Waals surface area contributed by atoms with Crippen molar-refractivity contribution in [3.63, 3.8) is 0 Å². The number of hydrogen-bond donors (Lipinski definition) is 1. The molecule has 0 saturated carbocycles. The van der Waals surface area contributed by atoms with Crippen LogP contribution < -0.4 is 5.32 Å². The van der Waals surface area contributed by atoms with Crippen molar-refractivity contribution < 1.29 is 4.79 Å². The van der Waals surface area contributed by atoms with Crippen molar-refractivity contribution in [3.8, 4) is 0 Å². The van der Waals surface area contributed by atoms with Crippen LogP contribution in [0.25, 0.3) is 0 Å². The zero-order valence-electron chi connectivity index (χ0n) is 13.1. The van der Waals surface area contributed by atoms with Crippen LogP contribution in [-0.4, -0.2) is 15.7 Å². The van der Waals surface area contributed by atoms with Gasteiger partial charge in [-0.2, -0.15) is 5.10 Å². The zero-order chi connectivity index (χ0) is 16.1.